The number of anilines is 1. The number of carbonyl (C=O) groups is 1. The summed E-state index contributed by atoms with van der Waals surface area (Å²) in [5.41, 5.74) is 1.96. The number of rotatable bonds is 2. The minimum Gasteiger partial charge on any atom is -0.321 e. The van der Waals surface area contributed by atoms with Crippen LogP contribution in [0.25, 0.3) is 10.9 Å². The lowest BCUT2D eigenvalue weighted by Crippen LogP contribution is -2.12. The zero-order chi connectivity index (χ0) is 14.8. The molecule has 0 radical (unpaired) electrons. The molecule has 0 bridgehead atoms. The van der Waals surface area contributed by atoms with Crippen molar-refractivity contribution < 1.29 is 4.79 Å². The molecule has 0 unspecified atom stereocenters. The highest BCUT2D eigenvalue weighted by molar-refractivity contribution is 6.31. The number of carbonyl (C=O) groups excluding carboxylic acids is 1. The Morgan fingerprint density at radius 1 is 0.952 bits per heavy atom. The molecule has 0 aliphatic carbocycles. The van der Waals surface area contributed by atoms with Gasteiger partial charge in [-0.3, -0.25) is 9.78 Å². The average molecular weight is 317 g/mol. The highest BCUT2D eigenvalue weighted by atomic mass is 35.5. The zero-order valence-corrected chi connectivity index (χ0v) is 12.3. The number of amides is 1. The third-order valence-electron chi connectivity index (χ3n) is 3.06. The molecule has 1 aromatic heterocycles. The third-order valence-corrected chi connectivity index (χ3v) is 3.55. The van der Waals surface area contributed by atoms with Crippen molar-refractivity contribution in [2.45, 2.75) is 0 Å². The Morgan fingerprint density at radius 3 is 2.43 bits per heavy atom. The normalized spacial score (nSPS) is 10.6. The van der Waals surface area contributed by atoms with Crippen molar-refractivity contribution in [3.63, 3.8) is 0 Å². The van der Waals surface area contributed by atoms with Gasteiger partial charge in [0.25, 0.3) is 5.91 Å². The Hall–Kier alpha value is -2.10. The predicted octanol–water partition coefficient (Wildman–Crippen LogP) is 4.79. The molecule has 1 amide bonds. The van der Waals surface area contributed by atoms with Crippen LogP contribution in [0.3, 0.4) is 0 Å². The van der Waals surface area contributed by atoms with Gasteiger partial charge in [0.2, 0.25) is 0 Å². The minimum atomic E-state index is -0.200. The standard InChI is InChI=1S/C16H10Cl2N2O/c17-11-3-1-10(2-4-11)16(21)20-14-7-8-19-15-9-12(18)5-6-13(14)15/h1-9H,(H,19,20,21). The number of nitrogens with one attached hydrogen (secondary N) is 1. The van der Waals surface area contributed by atoms with Gasteiger partial charge in [-0.15, -0.1) is 0 Å². The molecule has 0 fully saturated rings. The molecule has 0 aliphatic heterocycles. The van der Waals surface area contributed by atoms with E-state index in [-0.39, 0.29) is 5.91 Å². The molecule has 3 aromatic rings. The number of hydrogen-bond donors (Lipinski definition) is 1. The molecule has 0 saturated heterocycles. The Balaban J connectivity index is 1.94. The predicted molar refractivity (Wildman–Crippen MR) is 86.2 cm³/mol. The van der Waals surface area contributed by atoms with E-state index in [0.717, 1.165) is 10.9 Å². The average Bonchev–Trinajstić information content (AvgIpc) is 2.47. The van der Waals surface area contributed by atoms with Crippen molar-refractivity contribution in [1.82, 2.24) is 4.98 Å². The molecular formula is C16H10Cl2N2O. The van der Waals surface area contributed by atoms with Crippen molar-refractivity contribution in [3.05, 3.63) is 70.3 Å². The fourth-order valence-corrected chi connectivity index (χ4v) is 2.32. The topological polar surface area (TPSA) is 42.0 Å². The first-order chi connectivity index (χ1) is 10.1. The minimum absolute atomic E-state index is 0.200. The van der Waals surface area contributed by atoms with E-state index in [4.69, 9.17) is 23.2 Å². The van der Waals surface area contributed by atoms with Crippen LogP contribution in [0.15, 0.2) is 54.7 Å². The number of hydrogen-bond acceptors (Lipinski definition) is 2. The molecule has 1 heterocycles. The fourth-order valence-electron chi connectivity index (χ4n) is 2.03. The SMILES string of the molecule is O=C(Nc1ccnc2cc(Cl)ccc12)c1ccc(Cl)cc1. The van der Waals surface area contributed by atoms with Crippen molar-refractivity contribution in [3.8, 4) is 0 Å². The van der Waals surface area contributed by atoms with Crippen LogP contribution >= 0.6 is 23.2 Å². The lowest BCUT2D eigenvalue weighted by molar-refractivity contribution is 0.102. The van der Waals surface area contributed by atoms with Gasteiger partial charge < -0.3 is 5.32 Å². The van der Waals surface area contributed by atoms with Gasteiger partial charge in [0, 0.05) is 27.2 Å². The van der Waals surface area contributed by atoms with Gasteiger partial charge in [-0.25, -0.2) is 0 Å². The van der Waals surface area contributed by atoms with E-state index < -0.39 is 0 Å². The molecule has 104 valence electrons. The van der Waals surface area contributed by atoms with Gasteiger partial charge in [0.15, 0.2) is 0 Å². The largest absolute Gasteiger partial charge is 0.321 e. The Kier molecular flexibility index (Phi) is 3.78. The number of pyridine rings is 1. The summed E-state index contributed by atoms with van der Waals surface area (Å²) in [6.07, 6.45) is 1.64. The van der Waals surface area contributed by atoms with Crippen molar-refractivity contribution in [2.24, 2.45) is 0 Å². The summed E-state index contributed by atoms with van der Waals surface area (Å²) in [6, 6.07) is 13.8. The van der Waals surface area contributed by atoms with Gasteiger partial charge in [0.1, 0.15) is 0 Å². The molecule has 5 heteroatoms. The summed E-state index contributed by atoms with van der Waals surface area (Å²) >= 11 is 11.8. The van der Waals surface area contributed by atoms with Crippen LogP contribution in [0, 0.1) is 0 Å². The van der Waals surface area contributed by atoms with Crippen LogP contribution in [-0.4, -0.2) is 10.9 Å². The Labute approximate surface area is 131 Å². The Bertz CT molecular complexity index is 816. The molecule has 3 nitrogen and oxygen atoms in total. The molecule has 0 atom stereocenters. The van der Waals surface area contributed by atoms with Crippen molar-refractivity contribution >= 4 is 45.7 Å². The van der Waals surface area contributed by atoms with Crippen molar-refractivity contribution in [1.29, 1.82) is 0 Å². The molecule has 0 aliphatic rings. The molecule has 1 N–H and O–H groups in total. The van der Waals surface area contributed by atoms with Crippen LogP contribution in [0.1, 0.15) is 10.4 Å². The number of halogens is 2. The maximum Gasteiger partial charge on any atom is 0.255 e. The monoisotopic (exact) mass is 316 g/mol. The first-order valence-corrected chi connectivity index (χ1v) is 7.00. The van der Waals surface area contributed by atoms with Gasteiger partial charge in [0.05, 0.1) is 11.2 Å². The molecule has 21 heavy (non-hydrogen) atoms. The van der Waals surface area contributed by atoms with E-state index in [1.807, 2.05) is 6.07 Å². The maximum atomic E-state index is 12.2. The van der Waals surface area contributed by atoms with Crippen molar-refractivity contribution in [2.75, 3.05) is 5.32 Å². The molecule has 3 rings (SSSR count). The van der Waals surface area contributed by atoms with Gasteiger partial charge in [-0.05, 0) is 48.5 Å². The lowest BCUT2D eigenvalue weighted by Gasteiger charge is -2.08. The Morgan fingerprint density at radius 2 is 1.67 bits per heavy atom. The summed E-state index contributed by atoms with van der Waals surface area (Å²) in [5.74, 6) is -0.200. The first kappa shape index (κ1) is 13.9. The summed E-state index contributed by atoms with van der Waals surface area (Å²) in [4.78, 5) is 16.5. The molecule has 0 spiro atoms. The fraction of sp³-hybridized carbons (Fsp3) is 0. The van der Waals surface area contributed by atoms with E-state index in [1.54, 1.807) is 48.7 Å². The highest BCUT2D eigenvalue weighted by Gasteiger charge is 2.09. The zero-order valence-electron chi connectivity index (χ0n) is 10.8. The molecular weight excluding hydrogens is 307 g/mol. The number of nitrogens with zero attached hydrogens (tertiary/aromatic N) is 1. The number of aromatic nitrogens is 1. The van der Waals surface area contributed by atoms with Gasteiger partial charge >= 0.3 is 0 Å². The van der Waals surface area contributed by atoms with E-state index in [2.05, 4.69) is 10.3 Å². The number of fused-ring (bicyclic) bond motifs is 1. The lowest BCUT2D eigenvalue weighted by atomic mass is 10.1. The molecule has 0 saturated carbocycles. The van der Waals surface area contributed by atoms with Crippen LogP contribution in [0.4, 0.5) is 5.69 Å². The van der Waals surface area contributed by atoms with Crippen LogP contribution in [0.5, 0.6) is 0 Å². The quantitative estimate of drug-likeness (QED) is 0.738. The van der Waals surface area contributed by atoms with Crippen LogP contribution < -0.4 is 5.32 Å². The summed E-state index contributed by atoms with van der Waals surface area (Å²) in [5, 5.41) is 4.91. The van der Waals surface area contributed by atoms with E-state index in [1.165, 1.54) is 0 Å². The summed E-state index contributed by atoms with van der Waals surface area (Å²) < 4.78 is 0. The van der Waals surface area contributed by atoms with E-state index in [9.17, 15) is 4.79 Å². The second kappa shape index (κ2) is 5.72. The third kappa shape index (κ3) is 2.99. The first-order valence-electron chi connectivity index (χ1n) is 6.25. The van der Waals surface area contributed by atoms with E-state index >= 15 is 0 Å². The summed E-state index contributed by atoms with van der Waals surface area (Å²) in [7, 11) is 0. The molecule has 2 aromatic carbocycles. The van der Waals surface area contributed by atoms with Crippen LogP contribution in [-0.2, 0) is 0 Å². The maximum absolute atomic E-state index is 12.2. The van der Waals surface area contributed by atoms with Crippen LogP contribution in [0.2, 0.25) is 10.0 Å². The highest BCUT2D eigenvalue weighted by Crippen LogP contribution is 2.24. The second-order valence-corrected chi connectivity index (χ2v) is 5.35. The van der Waals surface area contributed by atoms with Gasteiger partial charge in [-0.2, -0.15) is 0 Å². The second-order valence-electron chi connectivity index (χ2n) is 4.48. The number of benzene rings is 2. The smallest absolute Gasteiger partial charge is 0.255 e. The van der Waals surface area contributed by atoms with E-state index in [0.29, 0.717) is 21.3 Å². The summed E-state index contributed by atoms with van der Waals surface area (Å²) in [6.45, 7) is 0. The van der Waals surface area contributed by atoms with Gasteiger partial charge in [-0.1, -0.05) is 23.2 Å².